The van der Waals surface area contributed by atoms with Crippen molar-refractivity contribution in [2.45, 2.75) is 38.8 Å². The van der Waals surface area contributed by atoms with Crippen molar-refractivity contribution in [3.8, 4) is 0 Å². The van der Waals surface area contributed by atoms with Gasteiger partial charge in [0.25, 0.3) is 0 Å². The van der Waals surface area contributed by atoms with E-state index in [-0.39, 0.29) is 30.6 Å². The van der Waals surface area contributed by atoms with Crippen LogP contribution in [0.1, 0.15) is 37.3 Å². The highest BCUT2D eigenvalue weighted by molar-refractivity contribution is 5.76. The lowest BCUT2D eigenvalue weighted by Crippen LogP contribution is -2.49. The molecule has 0 bridgehead atoms. The van der Waals surface area contributed by atoms with Crippen LogP contribution in [0.25, 0.3) is 0 Å². The first-order valence-corrected chi connectivity index (χ1v) is 7.58. The summed E-state index contributed by atoms with van der Waals surface area (Å²) in [7, 11) is 0. The summed E-state index contributed by atoms with van der Waals surface area (Å²) in [5.41, 5.74) is 5.18. The van der Waals surface area contributed by atoms with E-state index in [9.17, 15) is 9.59 Å². The second-order valence-corrected chi connectivity index (χ2v) is 5.80. The number of aryl methyl sites for hydroxylation is 1. The maximum absolute atomic E-state index is 12.0. The van der Waals surface area contributed by atoms with Crippen LogP contribution in [-0.2, 0) is 4.79 Å². The Balaban J connectivity index is 1.73. The molecule has 1 atom stereocenters. The van der Waals surface area contributed by atoms with Crippen LogP contribution >= 0.6 is 0 Å². The number of primary amides is 1. The van der Waals surface area contributed by atoms with Crippen LogP contribution in [0.5, 0.6) is 0 Å². The van der Waals surface area contributed by atoms with Gasteiger partial charge in [0.05, 0.1) is 12.6 Å². The van der Waals surface area contributed by atoms with Gasteiger partial charge in [0.15, 0.2) is 0 Å². The molecule has 1 aliphatic rings. The van der Waals surface area contributed by atoms with Gasteiger partial charge in [-0.2, -0.15) is 0 Å². The average molecular weight is 308 g/mol. The minimum absolute atomic E-state index is 0.120. The number of likely N-dealkylation sites (tertiary alicyclic amines) is 1. The molecule has 0 spiro atoms. The van der Waals surface area contributed by atoms with E-state index in [2.05, 4.69) is 10.6 Å². The van der Waals surface area contributed by atoms with Crippen molar-refractivity contribution in [2.75, 3.05) is 19.6 Å². The molecule has 0 radical (unpaired) electrons. The number of nitrogens with two attached hydrogens (primary N) is 1. The molecule has 122 valence electrons. The number of nitrogens with zero attached hydrogens (tertiary/aromatic N) is 1. The van der Waals surface area contributed by atoms with E-state index in [0.29, 0.717) is 0 Å². The smallest absolute Gasteiger partial charge is 0.315 e. The molecule has 7 nitrogen and oxygen atoms in total. The number of carbonyl (C=O) groups excluding carboxylic acids is 2. The third-order valence-electron chi connectivity index (χ3n) is 3.84. The Bertz CT molecular complexity index is 521. The number of piperidine rings is 1. The SMILES string of the molecule is Cc1ccc(C(C)NC(=O)NC2CCN(CC(N)=O)CC2)o1. The molecule has 1 saturated heterocycles. The summed E-state index contributed by atoms with van der Waals surface area (Å²) in [5.74, 6) is 1.25. The van der Waals surface area contributed by atoms with Gasteiger partial charge >= 0.3 is 6.03 Å². The second kappa shape index (κ2) is 7.31. The largest absolute Gasteiger partial charge is 0.464 e. The van der Waals surface area contributed by atoms with Gasteiger partial charge in [0.2, 0.25) is 5.91 Å². The minimum Gasteiger partial charge on any atom is -0.464 e. The van der Waals surface area contributed by atoms with E-state index in [1.807, 2.05) is 30.9 Å². The van der Waals surface area contributed by atoms with Crippen molar-refractivity contribution >= 4 is 11.9 Å². The highest BCUT2D eigenvalue weighted by Gasteiger charge is 2.22. The first-order valence-electron chi connectivity index (χ1n) is 7.58. The van der Waals surface area contributed by atoms with Crippen LogP contribution in [0.4, 0.5) is 4.79 Å². The van der Waals surface area contributed by atoms with E-state index < -0.39 is 0 Å². The topological polar surface area (TPSA) is 101 Å². The molecule has 1 unspecified atom stereocenters. The van der Waals surface area contributed by atoms with Crippen molar-refractivity contribution in [3.05, 3.63) is 23.7 Å². The normalized spacial score (nSPS) is 17.9. The molecule has 0 aliphatic carbocycles. The molecular weight excluding hydrogens is 284 g/mol. The molecular formula is C15H24N4O3. The number of hydrogen-bond acceptors (Lipinski definition) is 4. The van der Waals surface area contributed by atoms with Gasteiger partial charge in [-0.1, -0.05) is 0 Å². The average Bonchev–Trinajstić information content (AvgIpc) is 2.87. The second-order valence-electron chi connectivity index (χ2n) is 5.80. The zero-order valence-corrected chi connectivity index (χ0v) is 13.1. The number of amides is 3. The summed E-state index contributed by atoms with van der Waals surface area (Å²) in [6, 6.07) is 3.48. The first kappa shape index (κ1) is 16.4. The Kier molecular flexibility index (Phi) is 5.43. The van der Waals surface area contributed by atoms with Gasteiger partial charge < -0.3 is 20.8 Å². The predicted molar refractivity (Wildman–Crippen MR) is 82.2 cm³/mol. The number of rotatable bonds is 5. The number of nitrogens with one attached hydrogen (secondary N) is 2. The van der Waals surface area contributed by atoms with Gasteiger partial charge in [0, 0.05) is 19.1 Å². The number of urea groups is 1. The Morgan fingerprint density at radius 3 is 2.64 bits per heavy atom. The molecule has 2 rings (SSSR count). The highest BCUT2D eigenvalue weighted by Crippen LogP contribution is 2.15. The molecule has 1 aliphatic heterocycles. The van der Waals surface area contributed by atoms with E-state index in [0.717, 1.165) is 37.5 Å². The van der Waals surface area contributed by atoms with Gasteiger partial charge in [-0.3, -0.25) is 9.69 Å². The summed E-state index contributed by atoms with van der Waals surface area (Å²) in [4.78, 5) is 24.9. The maximum Gasteiger partial charge on any atom is 0.315 e. The van der Waals surface area contributed by atoms with E-state index >= 15 is 0 Å². The molecule has 1 aromatic heterocycles. The predicted octanol–water partition coefficient (Wildman–Crippen LogP) is 0.898. The third kappa shape index (κ3) is 4.77. The number of furan rings is 1. The lowest BCUT2D eigenvalue weighted by molar-refractivity contribution is -0.119. The van der Waals surface area contributed by atoms with Crippen molar-refractivity contribution < 1.29 is 14.0 Å². The Labute approximate surface area is 130 Å². The lowest BCUT2D eigenvalue weighted by Gasteiger charge is -2.31. The Hall–Kier alpha value is -2.02. The van der Waals surface area contributed by atoms with Crippen LogP contribution in [0.2, 0.25) is 0 Å². The molecule has 4 N–H and O–H groups in total. The number of carbonyl (C=O) groups is 2. The van der Waals surface area contributed by atoms with Crippen molar-refractivity contribution in [1.29, 1.82) is 0 Å². The monoisotopic (exact) mass is 308 g/mol. The molecule has 7 heteroatoms. The molecule has 1 fully saturated rings. The quantitative estimate of drug-likeness (QED) is 0.752. The summed E-state index contributed by atoms with van der Waals surface area (Å²) in [6.07, 6.45) is 1.63. The van der Waals surface area contributed by atoms with E-state index in [4.69, 9.17) is 10.2 Å². The fraction of sp³-hybridized carbons (Fsp3) is 0.600. The summed E-state index contributed by atoms with van der Waals surface area (Å²) >= 11 is 0. The van der Waals surface area contributed by atoms with Crippen molar-refractivity contribution in [2.24, 2.45) is 5.73 Å². The maximum atomic E-state index is 12.0. The fourth-order valence-electron chi connectivity index (χ4n) is 2.64. The zero-order chi connectivity index (χ0) is 16.1. The van der Waals surface area contributed by atoms with Gasteiger partial charge in [-0.15, -0.1) is 0 Å². The third-order valence-corrected chi connectivity index (χ3v) is 3.84. The Morgan fingerprint density at radius 2 is 2.09 bits per heavy atom. The van der Waals surface area contributed by atoms with Gasteiger partial charge in [-0.25, -0.2) is 4.79 Å². The zero-order valence-electron chi connectivity index (χ0n) is 13.1. The summed E-state index contributed by atoms with van der Waals surface area (Å²) in [6.45, 7) is 5.57. The minimum atomic E-state index is -0.313. The fourth-order valence-corrected chi connectivity index (χ4v) is 2.64. The van der Waals surface area contributed by atoms with Gasteiger partial charge in [-0.05, 0) is 38.8 Å². The Morgan fingerprint density at radius 1 is 1.41 bits per heavy atom. The highest BCUT2D eigenvalue weighted by atomic mass is 16.3. The standard InChI is InChI=1S/C15H24N4O3/c1-10-3-4-13(22-10)11(2)17-15(21)18-12-5-7-19(8-6-12)9-14(16)20/h3-4,11-12H,5-9H2,1-2H3,(H2,16,20)(H2,17,18,21). The number of hydrogen-bond donors (Lipinski definition) is 3. The van der Waals surface area contributed by atoms with Crippen LogP contribution in [0.3, 0.4) is 0 Å². The summed E-state index contributed by atoms with van der Waals surface area (Å²) in [5, 5.41) is 5.83. The molecule has 3 amide bonds. The van der Waals surface area contributed by atoms with Crippen molar-refractivity contribution in [1.82, 2.24) is 15.5 Å². The van der Waals surface area contributed by atoms with Gasteiger partial charge in [0.1, 0.15) is 11.5 Å². The molecule has 2 heterocycles. The lowest BCUT2D eigenvalue weighted by atomic mass is 10.1. The van der Waals surface area contributed by atoms with Crippen molar-refractivity contribution in [3.63, 3.8) is 0 Å². The first-order chi connectivity index (χ1) is 10.4. The van der Waals surface area contributed by atoms with E-state index in [1.54, 1.807) is 0 Å². The van der Waals surface area contributed by atoms with Crippen LogP contribution in [-0.4, -0.2) is 42.5 Å². The van der Waals surface area contributed by atoms with Crippen LogP contribution in [0.15, 0.2) is 16.5 Å². The molecule has 1 aromatic rings. The van der Waals surface area contributed by atoms with E-state index in [1.165, 1.54) is 0 Å². The van der Waals surface area contributed by atoms with Crippen LogP contribution in [0, 0.1) is 6.92 Å². The molecule has 0 saturated carbocycles. The van der Waals surface area contributed by atoms with Crippen LogP contribution < -0.4 is 16.4 Å². The molecule has 0 aromatic carbocycles. The summed E-state index contributed by atoms with van der Waals surface area (Å²) < 4.78 is 5.49. The molecule has 22 heavy (non-hydrogen) atoms.